The second-order valence-electron chi connectivity index (χ2n) is 2.54. The zero-order valence-electron chi connectivity index (χ0n) is 7.32. The Balaban J connectivity index is 2.14. The molecule has 0 saturated heterocycles. The van der Waals surface area contributed by atoms with Gasteiger partial charge in [0.1, 0.15) is 0 Å². The van der Waals surface area contributed by atoms with E-state index in [2.05, 4.69) is 18.4 Å². The summed E-state index contributed by atoms with van der Waals surface area (Å²) in [6, 6.07) is 4.11. The van der Waals surface area contributed by atoms with Gasteiger partial charge >= 0.3 is 0 Å². The Labute approximate surface area is 77.7 Å². The van der Waals surface area contributed by atoms with E-state index < -0.39 is 0 Å². The van der Waals surface area contributed by atoms with Crippen molar-refractivity contribution in [3.8, 4) is 0 Å². The van der Waals surface area contributed by atoms with E-state index in [1.165, 1.54) is 11.3 Å². The van der Waals surface area contributed by atoms with Crippen LogP contribution in [-0.4, -0.2) is 6.61 Å². The van der Waals surface area contributed by atoms with Crippen LogP contribution in [0, 0.1) is 0 Å². The van der Waals surface area contributed by atoms with Gasteiger partial charge < -0.3 is 4.74 Å². The molecule has 0 radical (unpaired) electrons. The Morgan fingerprint density at radius 1 is 1.58 bits per heavy atom. The van der Waals surface area contributed by atoms with Crippen molar-refractivity contribution in [2.45, 2.75) is 19.8 Å². The average molecular weight is 182 g/mol. The summed E-state index contributed by atoms with van der Waals surface area (Å²) in [4.78, 5) is 1.24. The fourth-order valence-electron chi connectivity index (χ4n) is 0.797. The summed E-state index contributed by atoms with van der Waals surface area (Å²) in [5, 5.41) is 2.06. The van der Waals surface area contributed by atoms with Gasteiger partial charge in [-0.05, 0) is 23.9 Å². The third-order valence-electron chi connectivity index (χ3n) is 1.49. The first-order chi connectivity index (χ1) is 5.93. The standard InChI is InChI=1S/C10H14OS/c1-2-3-7-11-8-6-10-5-4-9-12-10/h4-6,8-9H,2-3,7H2,1H3/b8-6-. The van der Waals surface area contributed by atoms with Crippen molar-refractivity contribution in [3.05, 3.63) is 28.7 Å². The quantitative estimate of drug-likeness (QED) is 0.500. The lowest BCUT2D eigenvalue weighted by molar-refractivity contribution is 0.246. The summed E-state index contributed by atoms with van der Waals surface area (Å²) < 4.78 is 5.27. The van der Waals surface area contributed by atoms with Gasteiger partial charge in [-0.1, -0.05) is 19.4 Å². The highest BCUT2D eigenvalue weighted by Crippen LogP contribution is 2.09. The van der Waals surface area contributed by atoms with Gasteiger partial charge in [-0.3, -0.25) is 0 Å². The molecule has 0 unspecified atom stereocenters. The van der Waals surface area contributed by atoms with E-state index in [1.54, 1.807) is 17.6 Å². The van der Waals surface area contributed by atoms with Crippen LogP contribution in [-0.2, 0) is 4.74 Å². The molecule has 0 amide bonds. The first kappa shape index (κ1) is 9.33. The summed E-state index contributed by atoms with van der Waals surface area (Å²) in [6.45, 7) is 2.99. The van der Waals surface area contributed by atoms with E-state index in [9.17, 15) is 0 Å². The second kappa shape index (κ2) is 5.84. The van der Waals surface area contributed by atoms with Crippen LogP contribution in [0.25, 0.3) is 6.08 Å². The van der Waals surface area contributed by atoms with Gasteiger partial charge in [-0.25, -0.2) is 0 Å². The van der Waals surface area contributed by atoms with Gasteiger partial charge in [0, 0.05) is 4.88 Å². The zero-order valence-corrected chi connectivity index (χ0v) is 8.14. The molecular formula is C10H14OS. The Morgan fingerprint density at radius 2 is 2.50 bits per heavy atom. The molecule has 1 aromatic rings. The molecule has 2 heteroatoms. The maximum absolute atomic E-state index is 5.27. The maximum atomic E-state index is 5.27. The van der Waals surface area contributed by atoms with E-state index >= 15 is 0 Å². The summed E-state index contributed by atoms with van der Waals surface area (Å²) in [5.74, 6) is 0. The Morgan fingerprint density at radius 3 is 3.17 bits per heavy atom. The molecule has 0 spiro atoms. The normalized spacial score (nSPS) is 10.8. The van der Waals surface area contributed by atoms with Crippen LogP contribution in [0.3, 0.4) is 0 Å². The highest BCUT2D eigenvalue weighted by Gasteiger charge is 1.84. The molecule has 1 nitrogen and oxygen atoms in total. The molecule has 1 rings (SSSR count). The van der Waals surface area contributed by atoms with Crippen LogP contribution in [0.15, 0.2) is 23.8 Å². The lowest BCUT2D eigenvalue weighted by atomic mass is 10.4. The third kappa shape index (κ3) is 3.58. The highest BCUT2D eigenvalue weighted by atomic mass is 32.1. The third-order valence-corrected chi connectivity index (χ3v) is 2.33. The number of thiophene rings is 1. The largest absolute Gasteiger partial charge is 0.501 e. The predicted octanol–water partition coefficient (Wildman–Crippen LogP) is 3.54. The van der Waals surface area contributed by atoms with Gasteiger partial charge in [-0.15, -0.1) is 11.3 Å². The van der Waals surface area contributed by atoms with Crippen LogP contribution in [0.5, 0.6) is 0 Å². The van der Waals surface area contributed by atoms with Gasteiger partial charge in [0.25, 0.3) is 0 Å². The van der Waals surface area contributed by atoms with Crippen LogP contribution in [0.1, 0.15) is 24.6 Å². The molecule has 0 aliphatic carbocycles. The summed E-state index contributed by atoms with van der Waals surface area (Å²) in [5.41, 5.74) is 0. The molecule has 0 atom stereocenters. The van der Waals surface area contributed by atoms with Gasteiger partial charge in [0.15, 0.2) is 0 Å². The Kier molecular flexibility index (Phi) is 4.54. The molecule has 0 bridgehead atoms. The predicted molar refractivity (Wildman–Crippen MR) is 54.2 cm³/mol. The lowest BCUT2D eigenvalue weighted by Crippen LogP contribution is -1.84. The van der Waals surface area contributed by atoms with Crippen LogP contribution in [0.2, 0.25) is 0 Å². The maximum Gasteiger partial charge on any atom is 0.0873 e. The zero-order chi connectivity index (χ0) is 8.65. The lowest BCUT2D eigenvalue weighted by Gasteiger charge is -1.96. The number of hydrogen-bond donors (Lipinski definition) is 0. The topological polar surface area (TPSA) is 9.23 Å². The molecule has 1 aromatic heterocycles. The van der Waals surface area contributed by atoms with Crippen LogP contribution < -0.4 is 0 Å². The molecule has 0 fully saturated rings. The highest BCUT2D eigenvalue weighted by molar-refractivity contribution is 7.10. The minimum atomic E-state index is 0.832. The van der Waals surface area contributed by atoms with E-state index in [0.29, 0.717) is 0 Å². The number of hydrogen-bond acceptors (Lipinski definition) is 2. The van der Waals surface area contributed by atoms with Crippen molar-refractivity contribution >= 4 is 17.4 Å². The smallest absolute Gasteiger partial charge is 0.0873 e. The molecule has 12 heavy (non-hydrogen) atoms. The molecule has 0 aliphatic heterocycles. The van der Waals surface area contributed by atoms with Crippen LogP contribution in [0.4, 0.5) is 0 Å². The molecule has 0 saturated carbocycles. The number of rotatable bonds is 5. The van der Waals surface area contributed by atoms with Crippen molar-refractivity contribution in [1.29, 1.82) is 0 Å². The van der Waals surface area contributed by atoms with Gasteiger partial charge in [-0.2, -0.15) is 0 Å². The minimum absolute atomic E-state index is 0.832. The average Bonchev–Trinajstić information content (AvgIpc) is 2.57. The van der Waals surface area contributed by atoms with Crippen LogP contribution >= 0.6 is 11.3 Å². The Bertz CT molecular complexity index is 214. The van der Waals surface area contributed by atoms with Crippen molar-refractivity contribution < 1.29 is 4.74 Å². The van der Waals surface area contributed by atoms with Gasteiger partial charge in [0.05, 0.1) is 12.9 Å². The van der Waals surface area contributed by atoms with Crippen molar-refractivity contribution in [2.24, 2.45) is 0 Å². The van der Waals surface area contributed by atoms with Crippen molar-refractivity contribution in [1.82, 2.24) is 0 Å². The SMILES string of the molecule is CCCCO/C=C\c1cccs1. The number of unbranched alkanes of at least 4 members (excludes halogenated alkanes) is 1. The first-order valence-corrected chi connectivity index (χ1v) is 5.13. The second-order valence-corrected chi connectivity index (χ2v) is 3.52. The van der Waals surface area contributed by atoms with E-state index in [1.807, 2.05) is 12.1 Å². The molecule has 0 aromatic carbocycles. The molecular weight excluding hydrogens is 168 g/mol. The van der Waals surface area contributed by atoms with E-state index in [-0.39, 0.29) is 0 Å². The fourth-order valence-corrected chi connectivity index (χ4v) is 1.40. The monoisotopic (exact) mass is 182 g/mol. The molecule has 0 N–H and O–H groups in total. The van der Waals surface area contributed by atoms with Crippen molar-refractivity contribution in [3.63, 3.8) is 0 Å². The summed E-state index contributed by atoms with van der Waals surface area (Å²) >= 11 is 1.72. The molecule has 66 valence electrons. The number of ether oxygens (including phenoxy) is 1. The summed E-state index contributed by atoms with van der Waals surface area (Å²) in [6.07, 6.45) is 6.10. The Hall–Kier alpha value is -0.760. The molecule has 0 aliphatic rings. The molecule has 1 heterocycles. The minimum Gasteiger partial charge on any atom is -0.501 e. The first-order valence-electron chi connectivity index (χ1n) is 4.25. The van der Waals surface area contributed by atoms with Gasteiger partial charge in [0.2, 0.25) is 0 Å². The fraction of sp³-hybridized carbons (Fsp3) is 0.400. The van der Waals surface area contributed by atoms with E-state index in [4.69, 9.17) is 4.74 Å². The summed E-state index contributed by atoms with van der Waals surface area (Å²) in [7, 11) is 0. The van der Waals surface area contributed by atoms with E-state index in [0.717, 1.165) is 13.0 Å². The van der Waals surface area contributed by atoms with Crippen molar-refractivity contribution in [2.75, 3.05) is 6.61 Å².